The lowest BCUT2D eigenvalue weighted by Gasteiger charge is -2.13. The van der Waals surface area contributed by atoms with Crippen molar-refractivity contribution in [1.29, 1.82) is 0 Å². The van der Waals surface area contributed by atoms with Gasteiger partial charge in [0, 0.05) is 6.07 Å². The van der Waals surface area contributed by atoms with Gasteiger partial charge in [-0.2, -0.15) is 13.2 Å². The van der Waals surface area contributed by atoms with E-state index < -0.39 is 26.1 Å². The maximum atomic E-state index is 12.7. The van der Waals surface area contributed by atoms with E-state index in [9.17, 15) is 23.3 Å². The van der Waals surface area contributed by atoms with Gasteiger partial charge in [0.1, 0.15) is 5.56 Å². The van der Waals surface area contributed by atoms with Crippen LogP contribution in [0.4, 0.5) is 18.9 Å². The Bertz CT molecular complexity index is 420. The molecule has 0 atom stereocenters. The first-order valence-electron chi connectivity index (χ1n) is 3.87. The monoisotopic (exact) mass is 361 g/mol. The molecule has 0 aliphatic carbocycles. The molecule has 0 amide bonds. The van der Waals surface area contributed by atoms with Gasteiger partial charge in [0.15, 0.2) is 0 Å². The van der Waals surface area contributed by atoms with Crippen molar-refractivity contribution in [2.24, 2.45) is 0 Å². The molecule has 0 heterocycles. The number of benzene rings is 1. The Morgan fingerprint density at radius 2 is 1.88 bits per heavy atom. The van der Waals surface area contributed by atoms with Crippen LogP contribution in [0.2, 0.25) is 0 Å². The molecule has 0 saturated heterocycles. The zero-order valence-corrected chi connectivity index (χ0v) is 10.6. The van der Waals surface area contributed by atoms with Crippen LogP contribution in [0.15, 0.2) is 18.2 Å². The van der Waals surface area contributed by atoms with Crippen molar-refractivity contribution in [1.82, 2.24) is 0 Å². The van der Waals surface area contributed by atoms with Gasteiger partial charge in [0.2, 0.25) is 0 Å². The van der Waals surface area contributed by atoms with Gasteiger partial charge in [-0.3, -0.25) is 10.1 Å². The number of nitro groups is 1. The molecular formula is C8H4Br2F3NO2. The molecule has 0 N–H and O–H groups in total. The number of alkyl halides is 5. The van der Waals surface area contributed by atoms with E-state index in [4.69, 9.17) is 0 Å². The Morgan fingerprint density at radius 3 is 2.25 bits per heavy atom. The molecule has 0 aliphatic rings. The summed E-state index contributed by atoms with van der Waals surface area (Å²) in [6.45, 7) is 0. The standard InChI is InChI=1S/C8H4Br2F3NO2/c9-7(10)4-2-1-3-5(14(15)16)6(4)8(11,12)13/h1-3,7H. The maximum absolute atomic E-state index is 12.7. The topological polar surface area (TPSA) is 43.1 Å². The Hall–Kier alpha value is -0.630. The molecule has 1 aromatic carbocycles. The molecule has 0 aromatic heterocycles. The predicted molar refractivity (Wildman–Crippen MR) is 58.7 cm³/mol. The number of hydrogen-bond acceptors (Lipinski definition) is 2. The van der Waals surface area contributed by atoms with Gasteiger partial charge in [0.25, 0.3) is 5.69 Å². The summed E-state index contributed by atoms with van der Waals surface area (Å²) in [5.74, 6) is 0. The van der Waals surface area contributed by atoms with Crippen LogP contribution in [0.1, 0.15) is 14.9 Å². The summed E-state index contributed by atoms with van der Waals surface area (Å²) in [5.41, 5.74) is -2.41. The minimum absolute atomic E-state index is 0.221. The molecule has 0 unspecified atom stereocenters. The fourth-order valence-corrected chi connectivity index (χ4v) is 1.96. The summed E-state index contributed by atoms with van der Waals surface area (Å²) >= 11 is 5.81. The van der Waals surface area contributed by atoms with Crippen LogP contribution in [0.3, 0.4) is 0 Å². The van der Waals surface area contributed by atoms with E-state index in [0.717, 1.165) is 6.07 Å². The SMILES string of the molecule is O=[N+]([O-])c1cccc(C(Br)Br)c1C(F)(F)F. The second-order valence-electron chi connectivity index (χ2n) is 2.80. The van der Waals surface area contributed by atoms with E-state index in [1.807, 2.05) is 0 Å². The van der Waals surface area contributed by atoms with Crippen LogP contribution in [0, 0.1) is 10.1 Å². The van der Waals surface area contributed by atoms with Crippen molar-refractivity contribution < 1.29 is 18.1 Å². The fourth-order valence-electron chi connectivity index (χ4n) is 1.20. The zero-order chi connectivity index (χ0) is 12.5. The Kier molecular flexibility index (Phi) is 3.95. The average molecular weight is 363 g/mol. The molecule has 1 aromatic rings. The largest absolute Gasteiger partial charge is 0.423 e. The Morgan fingerprint density at radius 1 is 1.31 bits per heavy atom. The lowest BCUT2D eigenvalue weighted by Crippen LogP contribution is -2.12. The number of rotatable bonds is 2. The quantitative estimate of drug-likeness (QED) is 0.444. The van der Waals surface area contributed by atoms with E-state index in [0.29, 0.717) is 0 Å². The van der Waals surface area contributed by atoms with E-state index in [-0.39, 0.29) is 5.56 Å². The first-order valence-corrected chi connectivity index (χ1v) is 5.71. The molecule has 0 spiro atoms. The van der Waals surface area contributed by atoms with Gasteiger partial charge in [-0.25, -0.2) is 0 Å². The summed E-state index contributed by atoms with van der Waals surface area (Å²) < 4.78 is 37.3. The van der Waals surface area contributed by atoms with Crippen LogP contribution >= 0.6 is 31.9 Å². The third-order valence-corrected chi connectivity index (χ3v) is 2.78. The van der Waals surface area contributed by atoms with Gasteiger partial charge in [-0.15, -0.1) is 0 Å². The molecule has 16 heavy (non-hydrogen) atoms. The Labute approximate surface area is 105 Å². The minimum atomic E-state index is -4.77. The van der Waals surface area contributed by atoms with Gasteiger partial charge < -0.3 is 0 Å². The second-order valence-corrected chi connectivity index (χ2v) is 5.86. The van der Waals surface area contributed by atoms with Gasteiger partial charge >= 0.3 is 6.18 Å². The molecule has 88 valence electrons. The first kappa shape index (κ1) is 13.4. The zero-order valence-electron chi connectivity index (χ0n) is 7.46. The smallest absolute Gasteiger partial charge is 0.258 e. The maximum Gasteiger partial charge on any atom is 0.423 e. The number of nitro benzene ring substituents is 1. The van der Waals surface area contributed by atoms with Crippen molar-refractivity contribution in [3.8, 4) is 0 Å². The van der Waals surface area contributed by atoms with E-state index in [1.165, 1.54) is 12.1 Å². The molecule has 1 rings (SSSR count). The summed E-state index contributed by atoms with van der Waals surface area (Å²) in [7, 11) is 0. The highest BCUT2D eigenvalue weighted by atomic mass is 79.9. The normalized spacial score (nSPS) is 11.9. The number of hydrogen-bond donors (Lipinski definition) is 0. The number of nitrogens with zero attached hydrogens (tertiary/aromatic N) is 1. The summed E-state index contributed by atoms with van der Waals surface area (Å²) in [4.78, 5) is 9.47. The Balaban J connectivity index is 3.54. The van der Waals surface area contributed by atoms with Crippen LogP contribution in [0.25, 0.3) is 0 Å². The molecule has 0 aliphatic heterocycles. The molecule has 0 radical (unpaired) electrons. The highest BCUT2D eigenvalue weighted by molar-refractivity contribution is 9.24. The van der Waals surface area contributed by atoms with E-state index in [2.05, 4.69) is 31.9 Å². The van der Waals surface area contributed by atoms with Crippen molar-refractivity contribution >= 4 is 37.5 Å². The molecule has 0 fully saturated rings. The number of halogens is 5. The first-order chi connectivity index (χ1) is 7.25. The highest BCUT2D eigenvalue weighted by Gasteiger charge is 2.41. The minimum Gasteiger partial charge on any atom is -0.258 e. The fraction of sp³-hybridized carbons (Fsp3) is 0.250. The lowest BCUT2D eigenvalue weighted by atomic mass is 10.1. The second kappa shape index (κ2) is 4.70. The lowest BCUT2D eigenvalue weighted by molar-refractivity contribution is -0.388. The van der Waals surface area contributed by atoms with Gasteiger partial charge in [-0.1, -0.05) is 44.0 Å². The predicted octanol–water partition coefficient (Wildman–Crippen LogP) is 4.40. The van der Waals surface area contributed by atoms with E-state index in [1.54, 1.807) is 0 Å². The van der Waals surface area contributed by atoms with Crippen molar-refractivity contribution in [2.75, 3.05) is 0 Å². The van der Waals surface area contributed by atoms with E-state index >= 15 is 0 Å². The summed E-state index contributed by atoms with van der Waals surface area (Å²) in [6, 6.07) is 3.21. The van der Waals surface area contributed by atoms with Gasteiger partial charge in [0.05, 0.1) is 8.66 Å². The van der Waals surface area contributed by atoms with Crippen molar-refractivity contribution in [3.63, 3.8) is 0 Å². The average Bonchev–Trinajstić information content (AvgIpc) is 2.15. The third kappa shape index (κ3) is 2.73. The van der Waals surface area contributed by atoms with Crippen molar-refractivity contribution in [2.45, 2.75) is 9.91 Å². The summed E-state index contributed by atoms with van der Waals surface area (Å²) in [6.07, 6.45) is -4.77. The molecule has 0 saturated carbocycles. The van der Waals surface area contributed by atoms with Crippen molar-refractivity contribution in [3.05, 3.63) is 39.4 Å². The third-order valence-electron chi connectivity index (χ3n) is 1.79. The highest BCUT2D eigenvalue weighted by Crippen LogP contribution is 2.44. The van der Waals surface area contributed by atoms with Gasteiger partial charge in [-0.05, 0) is 5.56 Å². The molecular weight excluding hydrogens is 359 g/mol. The molecule has 8 heteroatoms. The molecule has 3 nitrogen and oxygen atoms in total. The molecule has 0 bridgehead atoms. The summed E-state index contributed by atoms with van der Waals surface area (Å²) in [5, 5.41) is 10.5. The van der Waals surface area contributed by atoms with Crippen LogP contribution in [-0.4, -0.2) is 4.92 Å². The van der Waals surface area contributed by atoms with Crippen LogP contribution < -0.4 is 0 Å². The van der Waals surface area contributed by atoms with Crippen LogP contribution in [-0.2, 0) is 6.18 Å². The van der Waals surface area contributed by atoms with Crippen LogP contribution in [0.5, 0.6) is 0 Å².